The van der Waals surface area contributed by atoms with E-state index in [1.54, 1.807) is 0 Å². The van der Waals surface area contributed by atoms with E-state index in [0.29, 0.717) is 11.5 Å². The zero-order valence-corrected chi connectivity index (χ0v) is 41.2. The van der Waals surface area contributed by atoms with Gasteiger partial charge in [-0.2, -0.15) is 0 Å². The lowest BCUT2D eigenvalue weighted by atomic mass is 9.60. The molecule has 1 aromatic heterocycles. The second-order valence-electron chi connectivity index (χ2n) is 19.0. The van der Waals surface area contributed by atoms with Crippen molar-refractivity contribution in [2.45, 2.75) is 0 Å². The minimum atomic E-state index is 0.303. The van der Waals surface area contributed by atoms with Crippen LogP contribution in [0.1, 0.15) is 0 Å². The molecule has 0 unspecified atom stereocenters. The molecule has 0 saturated heterocycles. The van der Waals surface area contributed by atoms with Crippen LogP contribution in [0.2, 0.25) is 0 Å². The summed E-state index contributed by atoms with van der Waals surface area (Å²) in [6.07, 6.45) is 0. The summed E-state index contributed by atoms with van der Waals surface area (Å²) < 4.78 is 2.40. The molecule has 0 aliphatic heterocycles. The second-order valence-corrected chi connectivity index (χ2v) is 19.0. The lowest BCUT2D eigenvalue weighted by Crippen LogP contribution is -2.56. The van der Waals surface area contributed by atoms with Gasteiger partial charge >= 0.3 is 0 Å². The van der Waals surface area contributed by atoms with E-state index in [2.05, 4.69) is 187 Å². The van der Waals surface area contributed by atoms with Crippen LogP contribution in [0, 0.1) is 0 Å². The number of imidazole rings is 1. The maximum atomic E-state index is 13.0. The molecule has 0 spiro atoms. The first-order chi connectivity index (χ1) is 30.8. The smallest absolute Gasteiger partial charge is 0.146 e. The molecule has 9 rings (SSSR count). The van der Waals surface area contributed by atoms with Gasteiger partial charge in [0.1, 0.15) is 143 Å². The Hall–Kier alpha value is -5.61. The average Bonchev–Trinajstić information content (AvgIpc) is 3.69. The summed E-state index contributed by atoms with van der Waals surface area (Å²) in [7, 11) is 35.0. The van der Waals surface area contributed by atoms with Crippen LogP contribution in [-0.4, -0.2) is 145 Å². The molecule has 0 fully saturated rings. The van der Waals surface area contributed by atoms with Crippen molar-refractivity contribution in [1.82, 2.24) is 9.55 Å². The first-order valence-electron chi connectivity index (χ1n) is 23.0. The van der Waals surface area contributed by atoms with Crippen molar-refractivity contribution in [3.63, 3.8) is 0 Å². The molecule has 8 aromatic carbocycles. The fourth-order valence-electron chi connectivity index (χ4n) is 11.2. The summed E-state index contributed by atoms with van der Waals surface area (Å²) in [4.78, 5) is 5.54. The fourth-order valence-corrected chi connectivity index (χ4v) is 11.2. The summed E-state index contributed by atoms with van der Waals surface area (Å²) in [5.41, 5.74) is 29.0. The lowest BCUT2D eigenvalue weighted by Gasteiger charge is -2.29. The highest BCUT2D eigenvalue weighted by Crippen LogP contribution is 2.48. The van der Waals surface area contributed by atoms with Crippen molar-refractivity contribution in [3.8, 4) is 62.0 Å². The molecule has 4 nitrogen and oxygen atoms in total. The van der Waals surface area contributed by atoms with Crippen LogP contribution in [0.4, 0.5) is 0 Å². The Kier molecular flexibility index (Phi) is 11.0. The van der Waals surface area contributed by atoms with Crippen LogP contribution in [0.5, 0.6) is 11.5 Å². The van der Waals surface area contributed by atoms with E-state index in [1.165, 1.54) is 60.2 Å². The number of aromatic nitrogens is 2. The van der Waals surface area contributed by atoms with Gasteiger partial charge in [-0.3, -0.25) is 4.57 Å². The maximum absolute atomic E-state index is 13.0. The van der Waals surface area contributed by atoms with Gasteiger partial charge in [0.15, 0.2) is 0 Å². The van der Waals surface area contributed by atoms with Gasteiger partial charge in [0, 0.05) is 22.2 Å². The van der Waals surface area contributed by atoms with Gasteiger partial charge < -0.3 is 10.2 Å². The number of phenolic OH excluding ortho intramolecular Hbond substituents is 2. The van der Waals surface area contributed by atoms with Crippen LogP contribution in [0.3, 0.4) is 0 Å². The quantitative estimate of drug-likeness (QED) is 0.134. The zero-order chi connectivity index (χ0) is 46.8. The highest BCUT2D eigenvalue weighted by atomic mass is 16.3. The van der Waals surface area contributed by atoms with E-state index < -0.39 is 0 Å². The minimum absolute atomic E-state index is 0.303. The molecule has 9 aromatic rings. The molecule has 0 aliphatic rings. The predicted octanol–water partition coefficient (Wildman–Crippen LogP) is -16.5. The van der Waals surface area contributed by atoms with Crippen LogP contribution >= 0.6 is 0 Å². The molecule has 0 aliphatic carbocycles. The molecule has 0 atom stereocenters. The number of para-hydroxylation sites is 2. The van der Waals surface area contributed by atoms with Crippen LogP contribution in [0.15, 0.2) is 72.8 Å². The van der Waals surface area contributed by atoms with Crippen molar-refractivity contribution in [2.24, 2.45) is 0 Å². The standard InChI is InChI=1S/C45H46B16N2O2/c46-26-21(27(47)40(60)44(65)39(26)59)14-8-2-1-7-13(14)19-22-23(29(49)32(52)31(51)28(22)48)20(25-24(19)30(50)33(53)41(61)43(25)64)15-9-3-4-10-16(15)45-62-17-11-5-6-12-18(17)63(45)42-37(57)35(55)34(54)36(56)38(42)58/h1-12,64-65H,46-61H2. The van der Waals surface area contributed by atoms with Gasteiger partial charge in [-0.25, -0.2) is 4.98 Å². The first kappa shape index (κ1) is 44.6. The summed E-state index contributed by atoms with van der Waals surface area (Å²) in [5.74, 6) is 1.53. The van der Waals surface area contributed by atoms with Crippen LogP contribution in [0.25, 0.3) is 83.0 Å². The highest BCUT2D eigenvalue weighted by molar-refractivity contribution is 6.71. The Balaban J connectivity index is 1.53. The summed E-state index contributed by atoms with van der Waals surface area (Å²) >= 11 is 0. The third-order valence-corrected chi connectivity index (χ3v) is 16.3. The van der Waals surface area contributed by atoms with Crippen molar-refractivity contribution in [1.29, 1.82) is 0 Å². The van der Waals surface area contributed by atoms with Crippen molar-refractivity contribution in [2.75, 3.05) is 0 Å². The molecule has 0 amide bonds. The van der Waals surface area contributed by atoms with Gasteiger partial charge in [0.05, 0.1) is 11.0 Å². The van der Waals surface area contributed by atoms with Gasteiger partial charge in [0.2, 0.25) is 0 Å². The third kappa shape index (κ3) is 6.32. The molecule has 0 bridgehead atoms. The zero-order valence-electron chi connectivity index (χ0n) is 41.2. The molecule has 65 heavy (non-hydrogen) atoms. The van der Waals surface area contributed by atoms with Crippen LogP contribution < -0.4 is 87.4 Å². The van der Waals surface area contributed by atoms with E-state index in [1.807, 2.05) is 15.7 Å². The average molecular weight is 820 g/mol. The normalized spacial score (nSPS) is 11.6. The predicted molar refractivity (Wildman–Crippen MR) is 332 cm³/mol. The Morgan fingerprint density at radius 2 is 0.677 bits per heavy atom. The van der Waals surface area contributed by atoms with Crippen molar-refractivity contribution < 1.29 is 10.2 Å². The van der Waals surface area contributed by atoms with Gasteiger partial charge in [-0.1, -0.05) is 132 Å². The van der Waals surface area contributed by atoms with E-state index in [4.69, 9.17) is 4.98 Å². The Bertz CT molecular complexity index is 3470. The first-order valence-corrected chi connectivity index (χ1v) is 23.0. The molecule has 2 N–H and O–H groups in total. The number of aromatic hydroxyl groups is 2. The monoisotopic (exact) mass is 823 g/mol. The number of nitrogens with zero attached hydrogens (tertiary/aromatic N) is 2. The number of rotatable bonds is 5. The highest BCUT2D eigenvalue weighted by Gasteiger charge is 2.30. The molecule has 296 valence electrons. The van der Waals surface area contributed by atoms with E-state index in [9.17, 15) is 10.2 Å². The topological polar surface area (TPSA) is 58.3 Å². The minimum Gasteiger partial charge on any atom is -0.509 e. The fraction of sp³-hybridized carbons (Fsp3) is 0. The van der Waals surface area contributed by atoms with Gasteiger partial charge in [0.25, 0.3) is 0 Å². The Labute approximate surface area is 397 Å². The van der Waals surface area contributed by atoms with Gasteiger partial charge in [-0.15, -0.1) is 16.4 Å². The molecule has 0 saturated carbocycles. The molecule has 1 heterocycles. The molecule has 20 heteroatoms. The van der Waals surface area contributed by atoms with Gasteiger partial charge in [-0.05, 0) is 56.1 Å². The molecule has 0 radical (unpaired) electrons. The number of hydrogen-bond acceptors (Lipinski definition) is 3. The number of phenols is 2. The number of fused-ring (bicyclic) bond motifs is 3. The number of hydrogen-bond donors (Lipinski definition) is 2. The summed E-state index contributed by atoms with van der Waals surface area (Å²) in [6.45, 7) is 0. The molecular weight excluding hydrogens is 773 g/mol. The Morgan fingerprint density at radius 1 is 0.323 bits per heavy atom. The molecular formula is C45H46B16N2O2. The number of benzene rings is 8. The van der Waals surface area contributed by atoms with E-state index >= 15 is 0 Å². The van der Waals surface area contributed by atoms with E-state index in [-0.39, 0.29) is 0 Å². The van der Waals surface area contributed by atoms with Crippen molar-refractivity contribution >= 4 is 246 Å². The Morgan fingerprint density at radius 3 is 1.20 bits per heavy atom. The second kappa shape index (κ2) is 16.1. The lowest BCUT2D eigenvalue weighted by molar-refractivity contribution is 0.484. The SMILES string of the molecule is Bc1c(B)c(B)c(-n2c(-c3ccccc3-c3c4c(B)c(B)c(B)c(B)c4c(-c4ccccc4-c4c(B)c(B)c(O)c(B)c4B)c4c(B)c(B)c(B)c(O)c34)nc3ccccc32)c(B)c1B. The maximum Gasteiger partial charge on any atom is 0.146 e. The summed E-state index contributed by atoms with van der Waals surface area (Å²) in [6, 6.07) is 26.0. The van der Waals surface area contributed by atoms with Crippen molar-refractivity contribution in [3.05, 3.63) is 72.8 Å². The summed E-state index contributed by atoms with van der Waals surface area (Å²) in [5, 5.41) is 28.5. The van der Waals surface area contributed by atoms with Crippen LogP contribution in [-0.2, 0) is 0 Å². The largest absolute Gasteiger partial charge is 0.509 e. The van der Waals surface area contributed by atoms with E-state index in [0.717, 1.165) is 110 Å². The third-order valence-electron chi connectivity index (χ3n) is 16.3.